The van der Waals surface area contributed by atoms with E-state index in [4.69, 9.17) is 9.47 Å². The van der Waals surface area contributed by atoms with Gasteiger partial charge in [0.15, 0.2) is 0 Å². The lowest BCUT2D eigenvalue weighted by Crippen LogP contribution is -2.42. The largest absolute Gasteiger partial charge is 0.497 e. The summed E-state index contributed by atoms with van der Waals surface area (Å²) in [6, 6.07) is 12.9. The van der Waals surface area contributed by atoms with Crippen LogP contribution in [0.15, 0.2) is 48.2 Å². The van der Waals surface area contributed by atoms with Crippen LogP contribution >= 0.6 is 0 Å². The van der Waals surface area contributed by atoms with E-state index < -0.39 is 0 Å². The van der Waals surface area contributed by atoms with Crippen LogP contribution in [0.5, 0.6) is 11.5 Å². The fourth-order valence-corrected chi connectivity index (χ4v) is 4.83. The molecule has 0 spiro atoms. The van der Waals surface area contributed by atoms with Crippen LogP contribution in [0.3, 0.4) is 0 Å². The van der Waals surface area contributed by atoms with Crippen molar-refractivity contribution in [3.05, 3.63) is 59.3 Å². The van der Waals surface area contributed by atoms with Gasteiger partial charge in [0.25, 0.3) is 11.8 Å². The molecule has 1 saturated heterocycles. The molecule has 4 rings (SSSR count). The summed E-state index contributed by atoms with van der Waals surface area (Å²) in [6.45, 7) is 7.90. The summed E-state index contributed by atoms with van der Waals surface area (Å²) in [5.41, 5.74) is 3.21. The summed E-state index contributed by atoms with van der Waals surface area (Å²) >= 11 is 0. The van der Waals surface area contributed by atoms with Crippen molar-refractivity contribution in [2.75, 3.05) is 32.2 Å². The Bertz CT molecular complexity index is 1060. The second-order valence-electron chi connectivity index (χ2n) is 8.92. The number of hydrogen-bond acceptors (Lipinski definition) is 5. The smallest absolute Gasteiger partial charge is 0.282 e. The molecule has 0 aliphatic carbocycles. The number of carbonyl (C=O) groups is 2. The van der Waals surface area contributed by atoms with Crippen molar-refractivity contribution >= 4 is 23.1 Å². The number of hydrogen-bond donors (Lipinski definition) is 0. The van der Waals surface area contributed by atoms with E-state index in [0.717, 1.165) is 30.6 Å². The predicted octanol–water partition coefficient (Wildman–Crippen LogP) is 4.27. The minimum Gasteiger partial charge on any atom is -0.497 e. The standard InChI is InChI=1S/C26H30N2O4/c1-16-6-8-19(9-7-16)23-24(27-14-17(2)12-18(3)15-27)26(30)28(25(23)29)21-11-10-20(31-4)13-22(21)32-5/h6-11,13,17-18H,12,14-15H2,1-5H3. The number of piperidine rings is 1. The zero-order chi connectivity index (χ0) is 23.0. The summed E-state index contributed by atoms with van der Waals surface area (Å²) in [7, 11) is 3.08. The molecule has 2 aliphatic rings. The Labute approximate surface area is 189 Å². The van der Waals surface area contributed by atoms with Gasteiger partial charge in [0.1, 0.15) is 17.2 Å². The Morgan fingerprint density at radius 1 is 0.875 bits per heavy atom. The molecule has 2 atom stereocenters. The minimum atomic E-state index is -0.330. The molecular weight excluding hydrogens is 404 g/mol. The van der Waals surface area contributed by atoms with E-state index >= 15 is 0 Å². The molecule has 2 amide bonds. The third-order valence-corrected chi connectivity index (χ3v) is 6.21. The number of rotatable bonds is 5. The first kappa shape index (κ1) is 21.9. The monoisotopic (exact) mass is 434 g/mol. The van der Waals surface area contributed by atoms with Crippen LogP contribution in [-0.2, 0) is 9.59 Å². The van der Waals surface area contributed by atoms with E-state index in [1.807, 2.05) is 31.2 Å². The summed E-state index contributed by atoms with van der Waals surface area (Å²) < 4.78 is 10.8. The number of imide groups is 1. The lowest BCUT2D eigenvalue weighted by atomic mass is 9.91. The molecule has 2 aromatic carbocycles. The second kappa shape index (κ2) is 8.69. The number of amides is 2. The van der Waals surface area contributed by atoms with E-state index in [1.54, 1.807) is 25.3 Å². The van der Waals surface area contributed by atoms with Gasteiger partial charge in [-0.25, -0.2) is 4.90 Å². The van der Waals surface area contributed by atoms with Crippen molar-refractivity contribution in [2.45, 2.75) is 27.2 Å². The number of benzene rings is 2. The van der Waals surface area contributed by atoms with Gasteiger partial charge in [0.05, 0.1) is 25.5 Å². The Morgan fingerprint density at radius 2 is 1.53 bits per heavy atom. The van der Waals surface area contributed by atoms with Crippen LogP contribution in [0.2, 0.25) is 0 Å². The Hall–Kier alpha value is -3.28. The maximum Gasteiger partial charge on any atom is 0.282 e. The van der Waals surface area contributed by atoms with E-state index in [0.29, 0.717) is 40.3 Å². The molecule has 2 heterocycles. The normalized spacial score (nSPS) is 21.4. The number of likely N-dealkylation sites (tertiary alicyclic amines) is 1. The zero-order valence-corrected chi connectivity index (χ0v) is 19.3. The van der Waals surface area contributed by atoms with Crippen LogP contribution in [-0.4, -0.2) is 44.0 Å². The molecule has 32 heavy (non-hydrogen) atoms. The summed E-state index contributed by atoms with van der Waals surface area (Å²) in [6.07, 6.45) is 1.11. The summed E-state index contributed by atoms with van der Waals surface area (Å²) in [5.74, 6) is 1.25. The lowest BCUT2D eigenvalue weighted by Gasteiger charge is -2.37. The van der Waals surface area contributed by atoms with Gasteiger partial charge in [-0.1, -0.05) is 43.7 Å². The SMILES string of the molecule is COc1ccc(N2C(=O)C(c3ccc(C)cc3)=C(N3CC(C)CC(C)C3)C2=O)c(OC)c1. The van der Waals surface area contributed by atoms with Gasteiger partial charge in [0, 0.05) is 19.2 Å². The van der Waals surface area contributed by atoms with Crippen LogP contribution in [0, 0.1) is 18.8 Å². The Balaban J connectivity index is 1.84. The van der Waals surface area contributed by atoms with Crippen LogP contribution in [0.1, 0.15) is 31.4 Å². The minimum absolute atomic E-state index is 0.310. The van der Waals surface area contributed by atoms with Crippen molar-refractivity contribution in [1.82, 2.24) is 4.90 Å². The van der Waals surface area contributed by atoms with Crippen LogP contribution in [0.4, 0.5) is 5.69 Å². The average Bonchev–Trinajstić information content (AvgIpc) is 3.03. The molecule has 2 aliphatic heterocycles. The molecule has 2 unspecified atom stereocenters. The molecule has 1 fully saturated rings. The maximum absolute atomic E-state index is 13.8. The highest BCUT2D eigenvalue weighted by molar-refractivity contribution is 6.45. The Morgan fingerprint density at radius 3 is 2.12 bits per heavy atom. The number of anilines is 1. The first-order valence-corrected chi connectivity index (χ1v) is 11.0. The average molecular weight is 435 g/mol. The fraction of sp³-hybridized carbons (Fsp3) is 0.385. The number of aryl methyl sites for hydroxylation is 1. The van der Waals surface area contributed by atoms with Crippen molar-refractivity contribution in [3.63, 3.8) is 0 Å². The highest BCUT2D eigenvalue weighted by Gasteiger charge is 2.44. The van der Waals surface area contributed by atoms with Gasteiger partial charge in [-0.05, 0) is 42.9 Å². The van der Waals surface area contributed by atoms with E-state index in [9.17, 15) is 9.59 Å². The first-order chi connectivity index (χ1) is 15.3. The van der Waals surface area contributed by atoms with Gasteiger partial charge >= 0.3 is 0 Å². The third kappa shape index (κ3) is 3.85. The van der Waals surface area contributed by atoms with Gasteiger partial charge in [0.2, 0.25) is 0 Å². The van der Waals surface area contributed by atoms with Gasteiger partial charge in [-0.3, -0.25) is 9.59 Å². The van der Waals surface area contributed by atoms with Crippen molar-refractivity contribution in [1.29, 1.82) is 0 Å². The lowest BCUT2D eigenvalue weighted by molar-refractivity contribution is -0.120. The molecule has 0 saturated carbocycles. The predicted molar refractivity (Wildman–Crippen MR) is 125 cm³/mol. The summed E-state index contributed by atoms with van der Waals surface area (Å²) in [4.78, 5) is 30.9. The van der Waals surface area contributed by atoms with Crippen molar-refractivity contribution < 1.29 is 19.1 Å². The third-order valence-electron chi connectivity index (χ3n) is 6.21. The molecule has 168 valence electrons. The molecule has 0 bridgehead atoms. The molecule has 0 radical (unpaired) electrons. The molecule has 6 nitrogen and oxygen atoms in total. The van der Waals surface area contributed by atoms with E-state index in [1.165, 1.54) is 12.0 Å². The van der Waals surface area contributed by atoms with Crippen molar-refractivity contribution in [2.24, 2.45) is 11.8 Å². The molecule has 0 N–H and O–H groups in total. The van der Waals surface area contributed by atoms with Gasteiger partial charge < -0.3 is 14.4 Å². The van der Waals surface area contributed by atoms with Gasteiger partial charge in [-0.2, -0.15) is 0 Å². The van der Waals surface area contributed by atoms with E-state index in [2.05, 4.69) is 18.7 Å². The first-order valence-electron chi connectivity index (χ1n) is 11.0. The molecule has 6 heteroatoms. The number of carbonyl (C=O) groups excluding carboxylic acids is 2. The molecular formula is C26H30N2O4. The second-order valence-corrected chi connectivity index (χ2v) is 8.92. The quantitative estimate of drug-likeness (QED) is 0.658. The van der Waals surface area contributed by atoms with Crippen molar-refractivity contribution in [3.8, 4) is 11.5 Å². The number of methoxy groups -OCH3 is 2. The van der Waals surface area contributed by atoms with Crippen LogP contribution < -0.4 is 14.4 Å². The van der Waals surface area contributed by atoms with E-state index in [-0.39, 0.29) is 11.8 Å². The summed E-state index contributed by atoms with van der Waals surface area (Å²) in [5, 5.41) is 0. The van der Waals surface area contributed by atoms with Gasteiger partial charge in [-0.15, -0.1) is 0 Å². The number of nitrogens with zero attached hydrogens (tertiary/aromatic N) is 2. The molecule has 2 aromatic rings. The Kier molecular flexibility index (Phi) is 5.96. The molecule has 0 aromatic heterocycles. The topological polar surface area (TPSA) is 59.1 Å². The number of ether oxygens (including phenoxy) is 2. The highest BCUT2D eigenvalue weighted by atomic mass is 16.5. The highest BCUT2D eigenvalue weighted by Crippen LogP contribution is 2.41. The zero-order valence-electron chi connectivity index (χ0n) is 19.3. The van der Waals surface area contributed by atoms with Crippen LogP contribution in [0.25, 0.3) is 5.57 Å². The maximum atomic E-state index is 13.8. The fourth-order valence-electron chi connectivity index (χ4n) is 4.83.